The van der Waals surface area contributed by atoms with Gasteiger partial charge in [0.15, 0.2) is 5.41 Å². The highest BCUT2D eigenvalue weighted by Gasteiger charge is 2.45. The molecule has 0 bridgehead atoms. The zero-order valence-electron chi connectivity index (χ0n) is 10.4. The van der Waals surface area contributed by atoms with Crippen molar-refractivity contribution in [1.29, 1.82) is 0 Å². The first kappa shape index (κ1) is 14.0. The fourth-order valence-corrected chi connectivity index (χ4v) is 2.82. The minimum Gasteiger partial charge on any atom is -0.480 e. The van der Waals surface area contributed by atoms with Gasteiger partial charge in [-0.25, -0.2) is 0 Å². The van der Waals surface area contributed by atoms with Crippen molar-refractivity contribution in [2.24, 2.45) is 11.3 Å². The number of aliphatic carboxylic acids is 2. The van der Waals surface area contributed by atoms with Gasteiger partial charge in [0.1, 0.15) is 0 Å². The molecule has 1 saturated carbocycles. The van der Waals surface area contributed by atoms with Crippen molar-refractivity contribution in [3.63, 3.8) is 0 Å². The Morgan fingerprint density at radius 2 is 1.65 bits per heavy atom. The van der Waals surface area contributed by atoms with Crippen LogP contribution < -0.4 is 0 Å². The first-order valence-corrected chi connectivity index (χ1v) is 6.49. The van der Waals surface area contributed by atoms with E-state index in [2.05, 4.69) is 0 Å². The third-order valence-electron chi connectivity index (χ3n) is 3.95. The molecule has 4 heteroatoms. The lowest BCUT2D eigenvalue weighted by atomic mass is 9.77. The molecule has 0 aromatic heterocycles. The van der Waals surface area contributed by atoms with E-state index in [1.807, 2.05) is 6.92 Å². The Balaban J connectivity index is 2.67. The van der Waals surface area contributed by atoms with E-state index >= 15 is 0 Å². The van der Waals surface area contributed by atoms with E-state index < -0.39 is 17.4 Å². The normalized spacial score (nSPS) is 17.2. The second-order valence-electron chi connectivity index (χ2n) is 5.13. The molecule has 0 atom stereocenters. The van der Waals surface area contributed by atoms with Gasteiger partial charge in [0, 0.05) is 0 Å². The molecule has 0 aromatic carbocycles. The molecule has 1 fully saturated rings. The fraction of sp³-hybridized carbons (Fsp3) is 0.846. The Morgan fingerprint density at radius 3 is 2.06 bits per heavy atom. The van der Waals surface area contributed by atoms with Gasteiger partial charge in [-0.3, -0.25) is 9.59 Å². The van der Waals surface area contributed by atoms with Gasteiger partial charge in [-0.05, 0) is 25.2 Å². The van der Waals surface area contributed by atoms with Crippen LogP contribution in [-0.4, -0.2) is 22.2 Å². The zero-order chi connectivity index (χ0) is 12.9. The van der Waals surface area contributed by atoms with E-state index in [4.69, 9.17) is 0 Å². The molecule has 0 amide bonds. The lowest BCUT2D eigenvalue weighted by molar-refractivity contribution is -0.166. The first-order chi connectivity index (χ1) is 8.03. The van der Waals surface area contributed by atoms with Gasteiger partial charge in [0.05, 0.1) is 0 Å². The van der Waals surface area contributed by atoms with Crippen molar-refractivity contribution in [2.45, 2.75) is 58.3 Å². The van der Waals surface area contributed by atoms with Crippen molar-refractivity contribution in [1.82, 2.24) is 0 Å². The summed E-state index contributed by atoms with van der Waals surface area (Å²) in [6.45, 7) is 1.83. The Morgan fingerprint density at radius 1 is 1.12 bits per heavy atom. The second-order valence-corrected chi connectivity index (χ2v) is 5.13. The van der Waals surface area contributed by atoms with Gasteiger partial charge in [-0.15, -0.1) is 0 Å². The lowest BCUT2D eigenvalue weighted by Crippen LogP contribution is -2.39. The topological polar surface area (TPSA) is 74.6 Å². The standard InChI is InChI=1S/C13H22O4/c1-2-8-13(11(14)15,12(16)17)9-7-10-5-3-4-6-10/h10H,2-9H2,1H3,(H,14,15)(H,16,17). The summed E-state index contributed by atoms with van der Waals surface area (Å²) in [6.07, 6.45) is 6.47. The summed E-state index contributed by atoms with van der Waals surface area (Å²) < 4.78 is 0. The third-order valence-corrected chi connectivity index (χ3v) is 3.95. The third kappa shape index (κ3) is 3.20. The lowest BCUT2D eigenvalue weighted by Gasteiger charge is -2.25. The van der Waals surface area contributed by atoms with Crippen LogP contribution in [0.1, 0.15) is 58.3 Å². The molecule has 0 spiro atoms. The van der Waals surface area contributed by atoms with Crippen LogP contribution in [0.4, 0.5) is 0 Å². The van der Waals surface area contributed by atoms with E-state index in [0.29, 0.717) is 12.3 Å². The van der Waals surface area contributed by atoms with E-state index in [0.717, 1.165) is 19.3 Å². The molecule has 1 aliphatic rings. The molecule has 2 N–H and O–H groups in total. The summed E-state index contributed by atoms with van der Waals surface area (Å²) in [6, 6.07) is 0. The van der Waals surface area contributed by atoms with Crippen molar-refractivity contribution in [2.75, 3.05) is 0 Å². The fourth-order valence-electron chi connectivity index (χ4n) is 2.82. The molecule has 0 heterocycles. The van der Waals surface area contributed by atoms with Crippen LogP contribution in [0.2, 0.25) is 0 Å². The highest BCUT2D eigenvalue weighted by molar-refractivity contribution is 5.98. The van der Waals surface area contributed by atoms with Gasteiger partial charge in [0.2, 0.25) is 0 Å². The van der Waals surface area contributed by atoms with E-state index in [-0.39, 0.29) is 12.8 Å². The zero-order valence-corrected chi connectivity index (χ0v) is 10.4. The molecule has 17 heavy (non-hydrogen) atoms. The summed E-state index contributed by atoms with van der Waals surface area (Å²) in [5.41, 5.74) is -1.56. The molecule has 0 radical (unpaired) electrons. The smallest absolute Gasteiger partial charge is 0.321 e. The minimum atomic E-state index is -1.56. The molecule has 4 nitrogen and oxygen atoms in total. The van der Waals surface area contributed by atoms with E-state index in [1.54, 1.807) is 0 Å². The molecular weight excluding hydrogens is 220 g/mol. The van der Waals surface area contributed by atoms with Gasteiger partial charge >= 0.3 is 11.9 Å². The summed E-state index contributed by atoms with van der Waals surface area (Å²) in [5.74, 6) is -1.82. The van der Waals surface area contributed by atoms with Gasteiger partial charge in [-0.1, -0.05) is 39.0 Å². The Kier molecular flexibility index (Phi) is 4.97. The molecule has 0 aliphatic heterocycles. The highest BCUT2D eigenvalue weighted by Crippen LogP contribution is 2.36. The summed E-state index contributed by atoms with van der Waals surface area (Å²) in [7, 11) is 0. The number of hydrogen-bond donors (Lipinski definition) is 2. The van der Waals surface area contributed by atoms with Crippen LogP contribution >= 0.6 is 0 Å². The van der Waals surface area contributed by atoms with Crippen LogP contribution in [0.3, 0.4) is 0 Å². The number of carbonyl (C=O) groups is 2. The monoisotopic (exact) mass is 242 g/mol. The first-order valence-electron chi connectivity index (χ1n) is 6.49. The van der Waals surface area contributed by atoms with Gasteiger partial charge in [0.25, 0.3) is 0 Å². The molecule has 1 aliphatic carbocycles. The summed E-state index contributed by atoms with van der Waals surface area (Å²) >= 11 is 0. The Labute approximate surface area is 102 Å². The van der Waals surface area contributed by atoms with Crippen LogP contribution in [0.25, 0.3) is 0 Å². The summed E-state index contributed by atoms with van der Waals surface area (Å²) in [4.78, 5) is 22.6. The molecule has 0 aromatic rings. The highest BCUT2D eigenvalue weighted by atomic mass is 16.4. The summed E-state index contributed by atoms with van der Waals surface area (Å²) in [5, 5.41) is 18.4. The second kappa shape index (κ2) is 6.03. The maximum Gasteiger partial charge on any atom is 0.321 e. The maximum atomic E-state index is 11.3. The SMILES string of the molecule is CCCC(CCC1CCCC1)(C(=O)O)C(=O)O. The van der Waals surface area contributed by atoms with Crippen LogP contribution in [0.5, 0.6) is 0 Å². The molecule has 0 saturated heterocycles. The van der Waals surface area contributed by atoms with Gasteiger partial charge < -0.3 is 10.2 Å². The Bertz CT molecular complexity index is 265. The maximum absolute atomic E-state index is 11.3. The predicted molar refractivity (Wildman–Crippen MR) is 63.8 cm³/mol. The van der Waals surface area contributed by atoms with E-state index in [1.165, 1.54) is 12.8 Å². The van der Waals surface area contributed by atoms with Crippen molar-refractivity contribution in [3.8, 4) is 0 Å². The largest absolute Gasteiger partial charge is 0.480 e. The van der Waals surface area contributed by atoms with Crippen molar-refractivity contribution < 1.29 is 19.8 Å². The number of rotatable bonds is 7. The number of carboxylic acid groups (broad SMARTS) is 2. The molecule has 0 unspecified atom stereocenters. The average Bonchev–Trinajstić information content (AvgIpc) is 2.76. The Hall–Kier alpha value is -1.06. The number of carboxylic acids is 2. The average molecular weight is 242 g/mol. The molecule has 1 rings (SSSR count). The molecule has 98 valence electrons. The number of hydrogen-bond acceptors (Lipinski definition) is 2. The van der Waals surface area contributed by atoms with Crippen LogP contribution in [0, 0.1) is 11.3 Å². The van der Waals surface area contributed by atoms with Crippen LogP contribution in [-0.2, 0) is 9.59 Å². The van der Waals surface area contributed by atoms with Gasteiger partial charge in [-0.2, -0.15) is 0 Å². The van der Waals surface area contributed by atoms with Crippen molar-refractivity contribution >= 4 is 11.9 Å². The quantitative estimate of drug-likeness (QED) is 0.673. The molecular formula is C13H22O4. The van der Waals surface area contributed by atoms with Crippen LogP contribution in [0.15, 0.2) is 0 Å². The van der Waals surface area contributed by atoms with E-state index in [9.17, 15) is 19.8 Å². The van der Waals surface area contributed by atoms with Crippen molar-refractivity contribution in [3.05, 3.63) is 0 Å². The minimum absolute atomic E-state index is 0.227. The predicted octanol–water partition coefficient (Wildman–Crippen LogP) is 2.91.